The highest BCUT2D eigenvalue weighted by atomic mass is 35.5. The zero-order valence-corrected chi connectivity index (χ0v) is 9.47. The fourth-order valence-electron chi connectivity index (χ4n) is 2.40. The van der Waals surface area contributed by atoms with Crippen molar-refractivity contribution in [1.29, 1.82) is 0 Å². The van der Waals surface area contributed by atoms with Gasteiger partial charge in [0.1, 0.15) is 4.33 Å². The first-order valence-electron chi connectivity index (χ1n) is 4.53. The second-order valence-corrected chi connectivity index (χ2v) is 5.48. The van der Waals surface area contributed by atoms with Crippen molar-refractivity contribution in [2.24, 2.45) is 11.8 Å². The summed E-state index contributed by atoms with van der Waals surface area (Å²) >= 11 is 12.0. The van der Waals surface area contributed by atoms with E-state index in [4.69, 9.17) is 23.2 Å². The molecule has 2 rings (SSSR count). The van der Waals surface area contributed by atoms with Gasteiger partial charge in [-0.25, -0.2) is 0 Å². The fraction of sp³-hybridized carbons (Fsp3) is 0.778. The molecule has 3 atom stereocenters. The van der Waals surface area contributed by atoms with Gasteiger partial charge < -0.3 is 4.90 Å². The van der Waals surface area contributed by atoms with Gasteiger partial charge in [0, 0.05) is 25.3 Å². The molecule has 1 saturated carbocycles. The SMILES string of the molecule is CC(=O)C1C2[C@H](CN1C(C)=O)C2(Cl)Cl. The lowest BCUT2D eigenvalue weighted by Gasteiger charge is -2.26. The number of nitrogens with zero attached hydrogens (tertiary/aromatic N) is 1. The van der Waals surface area contributed by atoms with Crippen LogP contribution in [0.5, 0.6) is 0 Å². The first kappa shape index (κ1) is 10.2. The van der Waals surface area contributed by atoms with Crippen molar-refractivity contribution < 1.29 is 9.59 Å². The largest absolute Gasteiger partial charge is 0.332 e. The van der Waals surface area contributed by atoms with Crippen LogP contribution in [0.4, 0.5) is 0 Å². The number of piperidine rings is 1. The highest BCUT2D eigenvalue weighted by Gasteiger charge is 2.72. The van der Waals surface area contributed by atoms with E-state index in [1.165, 1.54) is 13.8 Å². The standard InChI is InChI=1S/C9H11Cl2NO2/c1-4(13)8-7-6(9(7,10)11)3-12(8)5(2)14/h6-8H,3H2,1-2H3/t6-,7?,8?/m0/s1. The number of likely N-dealkylation sites (tertiary alicyclic amines) is 1. The number of hydrogen-bond donors (Lipinski definition) is 0. The van der Waals surface area contributed by atoms with Gasteiger partial charge in [-0.2, -0.15) is 0 Å². The number of halogens is 2. The highest BCUT2D eigenvalue weighted by Crippen LogP contribution is 2.65. The Morgan fingerprint density at radius 2 is 1.93 bits per heavy atom. The third kappa shape index (κ3) is 1.18. The number of ketones is 1. The van der Waals surface area contributed by atoms with Crippen LogP contribution in [0, 0.1) is 11.8 Å². The van der Waals surface area contributed by atoms with Crippen molar-refractivity contribution in [3.63, 3.8) is 0 Å². The first-order chi connectivity index (χ1) is 6.37. The van der Waals surface area contributed by atoms with Crippen molar-refractivity contribution in [3.05, 3.63) is 0 Å². The van der Waals surface area contributed by atoms with E-state index < -0.39 is 10.4 Å². The Hall–Kier alpha value is -0.280. The van der Waals surface area contributed by atoms with Gasteiger partial charge in [0.25, 0.3) is 0 Å². The molecule has 0 aromatic rings. The summed E-state index contributed by atoms with van der Waals surface area (Å²) in [5, 5.41) is 0. The van der Waals surface area contributed by atoms with Gasteiger partial charge in [0.05, 0.1) is 6.04 Å². The first-order valence-corrected chi connectivity index (χ1v) is 5.28. The number of carbonyl (C=O) groups excluding carboxylic acids is 2. The minimum Gasteiger partial charge on any atom is -0.332 e. The minimum absolute atomic E-state index is 0.0316. The molecule has 1 amide bonds. The molecular weight excluding hydrogens is 225 g/mol. The zero-order chi connectivity index (χ0) is 10.7. The predicted molar refractivity (Wildman–Crippen MR) is 53.3 cm³/mol. The molecule has 0 aromatic carbocycles. The van der Waals surface area contributed by atoms with E-state index in [-0.39, 0.29) is 23.5 Å². The van der Waals surface area contributed by atoms with Gasteiger partial charge in [0.2, 0.25) is 5.91 Å². The van der Waals surface area contributed by atoms with Crippen LogP contribution in [0.3, 0.4) is 0 Å². The van der Waals surface area contributed by atoms with Crippen LogP contribution in [0.15, 0.2) is 0 Å². The molecule has 0 N–H and O–H groups in total. The van der Waals surface area contributed by atoms with Crippen LogP contribution in [0.25, 0.3) is 0 Å². The van der Waals surface area contributed by atoms with Gasteiger partial charge in [0.15, 0.2) is 5.78 Å². The van der Waals surface area contributed by atoms with Gasteiger partial charge in [-0.1, -0.05) is 0 Å². The molecule has 1 aliphatic carbocycles. The van der Waals surface area contributed by atoms with E-state index in [1.54, 1.807) is 4.90 Å². The maximum Gasteiger partial charge on any atom is 0.220 e. The van der Waals surface area contributed by atoms with Gasteiger partial charge in [-0.3, -0.25) is 9.59 Å². The Bertz CT molecular complexity index is 316. The quantitative estimate of drug-likeness (QED) is 0.642. The molecule has 2 fully saturated rings. The molecular formula is C9H11Cl2NO2. The van der Waals surface area contributed by atoms with Gasteiger partial charge in [-0.15, -0.1) is 23.2 Å². The summed E-state index contributed by atoms with van der Waals surface area (Å²) in [6.45, 7) is 3.45. The Labute approximate surface area is 92.3 Å². The summed E-state index contributed by atoms with van der Waals surface area (Å²) in [4.78, 5) is 24.2. The maximum atomic E-state index is 11.4. The Morgan fingerprint density at radius 3 is 2.36 bits per heavy atom. The lowest BCUT2D eigenvalue weighted by atomic mass is 10.1. The van der Waals surface area contributed by atoms with Crippen LogP contribution < -0.4 is 0 Å². The third-order valence-electron chi connectivity index (χ3n) is 3.15. The van der Waals surface area contributed by atoms with Crippen molar-refractivity contribution >= 4 is 34.9 Å². The van der Waals surface area contributed by atoms with E-state index >= 15 is 0 Å². The van der Waals surface area contributed by atoms with Gasteiger partial charge in [-0.05, 0) is 6.92 Å². The highest BCUT2D eigenvalue weighted by molar-refractivity contribution is 6.51. The van der Waals surface area contributed by atoms with Crippen LogP contribution >= 0.6 is 23.2 Å². The Morgan fingerprint density at radius 1 is 1.36 bits per heavy atom. The molecule has 2 unspecified atom stereocenters. The van der Waals surface area contributed by atoms with E-state index in [0.717, 1.165) is 0 Å². The van der Waals surface area contributed by atoms with E-state index in [1.807, 2.05) is 0 Å². The van der Waals surface area contributed by atoms with Crippen LogP contribution in [-0.4, -0.2) is 33.5 Å². The summed E-state index contributed by atoms with van der Waals surface area (Å²) in [5.74, 6) is -0.103. The average molecular weight is 236 g/mol. The van der Waals surface area contributed by atoms with Crippen molar-refractivity contribution in [2.45, 2.75) is 24.2 Å². The molecule has 1 aliphatic heterocycles. The number of Topliss-reactive ketones (excluding diaryl/α,β-unsaturated/α-hetero) is 1. The van der Waals surface area contributed by atoms with Crippen LogP contribution in [-0.2, 0) is 9.59 Å². The van der Waals surface area contributed by atoms with E-state index in [9.17, 15) is 9.59 Å². The molecule has 0 spiro atoms. The molecule has 0 aromatic heterocycles. The lowest BCUT2D eigenvalue weighted by molar-refractivity contribution is -0.136. The van der Waals surface area contributed by atoms with Crippen LogP contribution in [0.2, 0.25) is 0 Å². The van der Waals surface area contributed by atoms with Crippen molar-refractivity contribution in [1.82, 2.24) is 4.90 Å². The molecule has 5 heteroatoms. The fourth-order valence-corrected chi connectivity index (χ4v) is 3.22. The summed E-state index contributed by atoms with van der Waals surface area (Å²) in [6, 6.07) is -0.410. The van der Waals surface area contributed by atoms with E-state index in [2.05, 4.69) is 0 Å². The second-order valence-electron chi connectivity index (χ2n) is 4.03. The topological polar surface area (TPSA) is 37.4 Å². The smallest absolute Gasteiger partial charge is 0.220 e. The molecule has 78 valence electrons. The Balaban J connectivity index is 2.23. The van der Waals surface area contributed by atoms with E-state index in [0.29, 0.717) is 6.54 Å². The predicted octanol–water partition coefficient (Wildman–Crippen LogP) is 1.23. The summed E-state index contributed by atoms with van der Waals surface area (Å²) in [5.41, 5.74) is 0. The molecule has 14 heavy (non-hydrogen) atoms. The maximum absolute atomic E-state index is 11.4. The average Bonchev–Trinajstić information content (AvgIpc) is 2.47. The lowest BCUT2D eigenvalue weighted by Crippen LogP contribution is -2.43. The van der Waals surface area contributed by atoms with Gasteiger partial charge >= 0.3 is 0 Å². The van der Waals surface area contributed by atoms with Crippen LogP contribution in [0.1, 0.15) is 13.8 Å². The zero-order valence-electron chi connectivity index (χ0n) is 7.96. The summed E-state index contributed by atoms with van der Waals surface area (Å²) < 4.78 is -0.789. The summed E-state index contributed by atoms with van der Waals surface area (Å²) in [6.07, 6.45) is 0. The molecule has 3 nitrogen and oxygen atoms in total. The number of alkyl halides is 2. The Kier molecular flexibility index (Phi) is 2.09. The second kappa shape index (κ2) is 2.86. The number of hydrogen-bond acceptors (Lipinski definition) is 2. The number of carbonyl (C=O) groups is 2. The molecule has 0 bridgehead atoms. The molecule has 2 aliphatic rings. The molecule has 1 heterocycles. The number of rotatable bonds is 1. The molecule has 0 radical (unpaired) electrons. The third-order valence-corrected chi connectivity index (χ3v) is 4.22. The number of amides is 1. The summed E-state index contributed by atoms with van der Waals surface area (Å²) in [7, 11) is 0. The molecule has 1 saturated heterocycles. The van der Waals surface area contributed by atoms with Crippen molar-refractivity contribution in [2.75, 3.05) is 6.54 Å². The van der Waals surface area contributed by atoms with Crippen molar-refractivity contribution in [3.8, 4) is 0 Å². The normalized spacial score (nSPS) is 38.0. The number of fused-ring (bicyclic) bond motifs is 1. The minimum atomic E-state index is -0.789. The monoisotopic (exact) mass is 235 g/mol.